The number of aryl methyl sites for hydroxylation is 2. The van der Waals surface area contributed by atoms with Crippen LogP contribution in [0.5, 0.6) is 0 Å². The fourth-order valence-corrected chi connectivity index (χ4v) is 3.29. The van der Waals surface area contributed by atoms with Gasteiger partial charge in [-0.05, 0) is 43.7 Å². The average Bonchev–Trinajstić information content (AvgIpc) is 2.70. The Labute approximate surface area is 169 Å². The van der Waals surface area contributed by atoms with Gasteiger partial charge in [-0.3, -0.25) is 4.79 Å². The van der Waals surface area contributed by atoms with Gasteiger partial charge in [-0.2, -0.15) is 0 Å². The van der Waals surface area contributed by atoms with E-state index in [4.69, 9.17) is 16.6 Å². The van der Waals surface area contributed by atoms with Crippen LogP contribution in [0.25, 0.3) is 22.2 Å². The number of aromatic nitrogens is 1. The zero-order valence-corrected chi connectivity index (χ0v) is 16.4. The van der Waals surface area contributed by atoms with Crippen molar-refractivity contribution in [3.8, 4) is 11.3 Å². The molecule has 0 radical (unpaired) electrons. The van der Waals surface area contributed by atoms with Crippen molar-refractivity contribution < 1.29 is 4.79 Å². The highest BCUT2D eigenvalue weighted by Gasteiger charge is 2.14. The van der Waals surface area contributed by atoms with E-state index in [0.717, 1.165) is 27.7 Å². The van der Waals surface area contributed by atoms with E-state index in [2.05, 4.69) is 5.32 Å². The first-order valence-electron chi connectivity index (χ1n) is 9.05. The molecule has 3 nitrogen and oxygen atoms in total. The number of carbonyl (C=O) groups excluding carboxylic acids is 1. The highest BCUT2D eigenvalue weighted by atomic mass is 35.5. The molecule has 0 saturated carbocycles. The van der Waals surface area contributed by atoms with Gasteiger partial charge in [0.15, 0.2) is 0 Å². The number of anilines is 1. The number of rotatable bonds is 3. The van der Waals surface area contributed by atoms with Crippen LogP contribution in [0.2, 0.25) is 5.02 Å². The van der Waals surface area contributed by atoms with Gasteiger partial charge in [-0.25, -0.2) is 4.98 Å². The zero-order valence-electron chi connectivity index (χ0n) is 15.7. The molecule has 0 fully saturated rings. The van der Waals surface area contributed by atoms with Crippen molar-refractivity contribution in [3.63, 3.8) is 0 Å². The first-order chi connectivity index (χ1) is 13.5. The van der Waals surface area contributed by atoms with Gasteiger partial charge in [0.05, 0.1) is 16.8 Å². The molecule has 1 amide bonds. The predicted octanol–water partition coefficient (Wildman–Crippen LogP) is 6.42. The molecule has 0 unspecified atom stereocenters. The summed E-state index contributed by atoms with van der Waals surface area (Å²) < 4.78 is 0. The molecule has 4 aromatic rings. The molecule has 4 heteroatoms. The van der Waals surface area contributed by atoms with Crippen LogP contribution in [0.3, 0.4) is 0 Å². The zero-order chi connectivity index (χ0) is 19.7. The number of pyridine rings is 1. The van der Waals surface area contributed by atoms with Crippen LogP contribution in [0.4, 0.5) is 5.69 Å². The first kappa shape index (κ1) is 18.2. The third-order valence-electron chi connectivity index (χ3n) is 4.74. The molecule has 0 bridgehead atoms. The smallest absolute Gasteiger partial charge is 0.256 e. The Morgan fingerprint density at radius 1 is 0.929 bits per heavy atom. The minimum atomic E-state index is -0.188. The van der Waals surface area contributed by atoms with E-state index in [1.807, 2.05) is 80.6 Å². The van der Waals surface area contributed by atoms with Gasteiger partial charge in [0, 0.05) is 21.7 Å². The van der Waals surface area contributed by atoms with E-state index >= 15 is 0 Å². The second-order valence-electron chi connectivity index (χ2n) is 6.86. The van der Waals surface area contributed by atoms with Gasteiger partial charge < -0.3 is 5.32 Å². The first-order valence-corrected chi connectivity index (χ1v) is 9.43. The molecular weight excluding hydrogens is 368 g/mol. The Kier molecular flexibility index (Phi) is 4.84. The molecule has 0 aliphatic heterocycles. The summed E-state index contributed by atoms with van der Waals surface area (Å²) in [5, 5.41) is 4.39. The van der Waals surface area contributed by atoms with Crippen molar-refractivity contribution >= 4 is 34.1 Å². The lowest BCUT2D eigenvalue weighted by molar-refractivity contribution is 0.102. The molecule has 0 spiro atoms. The van der Waals surface area contributed by atoms with Crippen LogP contribution in [-0.2, 0) is 0 Å². The van der Waals surface area contributed by atoms with Gasteiger partial charge in [0.2, 0.25) is 0 Å². The number of para-hydroxylation sites is 1. The van der Waals surface area contributed by atoms with Crippen molar-refractivity contribution in [2.45, 2.75) is 13.8 Å². The van der Waals surface area contributed by atoms with Crippen molar-refractivity contribution in [2.24, 2.45) is 0 Å². The fourth-order valence-electron chi connectivity index (χ4n) is 3.10. The monoisotopic (exact) mass is 386 g/mol. The maximum atomic E-state index is 13.1. The SMILES string of the molecule is Cc1ccc(-c2cc(C(=O)Nc3ccc(C)c(Cl)c3)c3ccccc3n2)cc1. The number of amides is 1. The van der Waals surface area contributed by atoms with Crippen LogP contribution >= 0.6 is 11.6 Å². The van der Waals surface area contributed by atoms with Crippen LogP contribution in [-0.4, -0.2) is 10.9 Å². The van der Waals surface area contributed by atoms with Crippen LogP contribution < -0.4 is 5.32 Å². The fraction of sp³-hybridized carbons (Fsp3) is 0.0833. The number of benzene rings is 3. The Bertz CT molecular complexity index is 1180. The number of hydrogen-bond acceptors (Lipinski definition) is 2. The molecule has 1 aromatic heterocycles. The van der Waals surface area contributed by atoms with Gasteiger partial charge >= 0.3 is 0 Å². The second kappa shape index (κ2) is 7.45. The summed E-state index contributed by atoms with van der Waals surface area (Å²) >= 11 is 6.20. The number of fused-ring (bicyclic) bond motifs is 1. The normalized spacial score (nSPS) is 10.8. The van der Waals surface area contributed by atoms with Crippen LogP contribution in [0.1, 0.15) is 21.5 Å². The van der Waals surface area contributed by atoms with E-state index in [1.165, 1.54) is 5.56 Å². The van der Waals surface area contributed by atoms with E-state index in [-0.39, 0.29) is 5.91 Å². The highest BCUT2D eigenvalue weighted by Crippen LogP contribution is 2.27. The Morgan fingerprint density at radius 2 is 1.68 bits per heavy atom. The number of halogens is 1. The van der Waals surface area contributed by atoms with Crippen molar-refractivity contribution in [2.75, 3.05) is 5.32 Å². The largest absolute Gasteiger partial charge is 0.322 e. The predicted molar refractivity (Wildman–Crippen MR) is 116 cm³/mol. The Balaban J connectivity index is 1.79. The Hall–Kier alpha value is -3.17. The summed E-state index contributed by atoms with van der Waals surface area (Å²) in [4.78, 5) is 17.8. The number of nitrogens with zero attached hydrogens (tertiary/aromatic N) is 1. The number of hydrogen-bond donors (Lipinski definition) is 1. The lowest BCUT2D eigenvalue weighted by Gasteiger charge is -2.11. The molecule has 0 saturated heterocycles. The third-order valence-corrected chi connectivity index (χ3v) is 5.15. The van der Waals surface area contributed by atoms with Crippen LogP contribution in [0, 0.1) is 13.8 Å². The van der Waals surface area contributed by atoms with Gasteiger partial charge in [0.25, 0.3) is 5.91 Å². The molecule has 28 heavy (non-hydrogen) atoms. The summed E-state index contributed by atoms with van der Waals surface area (Å²) in [6.45, 7) is 3.97. The molecule has 0 aliphatic rings. The van der Waals surface area contributed by atoms with Gasteiger partial charge in [-0.1, -0.05) is 65.7 Å². The average molecular weight is 387 g/mol. The lowest BCUT2D eigenvalue weighted by Crippen LogP contribution is -2.13. The quantitative estimate of drug-likeness (QED) is 0.441. The lowest BCUT2D eigenvalue weighted by atomic mass is 10.0. The van der Waals surface area contributed by atoms with Gasteiger partial charge in [0.1, 0.15) is 0 Å². The van der Waals surface area contributed by atoms with E-state index in [9.17, 15) is 4.79 Å². The summed E-state index contributed by atoms with van der Waals surface area (Å²) in [5.74, 6) is -0.188. The molecule has 0 atom stereocenters. The molecule has 4 rings (SSSR count). The van der Waals surface area contributed by atoms with Crippen molar-refractivity contribution in [1.82, 2.24) is 4.98 Å². The van der Waals surface area contributed by atoms with Crippen molar-refractivity contribution in [1.29, 1.82) is 0 Å². The summed E-state index contributed by atoms with van der Waals surface area (Å²) in [5.41, 5.74) is 5.92. The molecule has 3 aromatic carbocycles. The molecule has 1 heterocycles. The van der Waals surface area contributed by atoms with E-state index < -0.39 is 0 Å². The second-order valence-corrected chi connectivity index (χ2v) is 7.26. The minimum Gasteiger partial charge on any atom is -0.322 e. The molecule has 138 valence electrons. The van der Waals surface area contributed by atoms with E-state index in [1.54, 1.807) is 6.07 Å². The summed E-state index contributed by atoms with van der Waals surface area (Å²) in [7, 11) is 0. The van der Waals surface area contributed by atoms with Crippen LogP contribution in [0.15, 0.2) is 72.8 Å². The Morgan fingerprint density at radius 3 is 2.43 bits per heavy atom. The summed E-state index contributed by atoms with van der Waals surface area (Å²) in [6.07, 6.45) is 0. The molecule has 0 aliphatic carbocycles. The van der Waals surface area contributed by atoms with Crippen molar-refractivity contribution in [3.05, 3.63) is 94.5 Å². The molecular formula is C24H19ClN2O. The third kappa shape index (κ3) is 3.62. The molecule has 1 N–H and O–H groups in total. The topological polar surface area (TPSA) is 42.0 Å². The number of nitrogens with one attached hydrogen (secondary N) is 1. The van der Waals surface area contributed by atoms with E-state index in [0.29, 0.717) is 16.3 Å². The maximum Gasteiger partial charge on any atom is 0.256 e. The van der Waals surface area contributed by atoms with Gasteiger partial charge in [-0.15, -0.1) is 0 Å². The highest BCUT2D eigenvalue weighted by molar-refractivity contribution is 6.31. The summed E-state index contributed by atoms with van der Waals surface area (Å²) in [6, 6.07) is 23.2. The maximum absolute atomic E-state index is 13.1. The standard InChI is InChI=1S/C24H19ClN2O/c1-15-7-10-17(11-8-15)23-14-20(19-5-3-4-6-22(19)27-23)24(28)26-18-12-9-16(2)21(25)13-18/h3-14H,1-2H3,(H,26,28). The number of carbonyl (C=O) groups is 1. The minimum absolute atomic E-state index is 0.188.